The van der Waals surface area contributed by atoms with Crippen molar-refractivity contribution in [3.05, 3.63) is 66.4 Å². The van der Waals surface area contributed by atoms with Crippen molar-refractivity contribution in [2.24, 2.45) is 0 Å². The lowest BCUT2D eigenvalue weighted by molar-refractivity contribution is 0.415. The fraction of sp³-hybridized carbons (Fsp3) is 0.318. The van der Waals surface area contributed by atoms with Crippen LogP contribution in [0.1, 0.15) is 45.6 Å². The number of benzene rings is 2. The Balaban J connectivity index is 2.25. The average Bonchev–Trinajstić information content (AvgIpc) is 2.61. The zero-order chi connectivity index (χ0) is 16.3. The summed E-state index contributed by atoms with van der Waals surface area (Å²) in [4.78, 5) is 4.75. The molecule has 3 rings (SSSR count). The van der Waals surface area contributed by atoms with Crippen LogP contribution in [0, 0.1) is 0 Å². The molecular formula is C22H25N. The molecule has 1 aromatic heterocycles. The fourth-order valence-corrected chi connectivity index (χ4v) is 3.60. The normalized spacial score (nSPS) is 13.9. The fourth-order valence-electron chi connectivity index (χ4n) is 3.60. The number of hydrogen-bond donors (Lipinski definition) is 0. The van der Waals surface area contributed by atoms with Crippen molar-refractivity contribution in [2.45, 2.75) is 45.4 Å². The molecule has 0 aliphatic rings. The van der Waals surface area contributed by atoms with Crippen LogP contribution < -0.4 is 0 Å². The number of fused-ring (bicyclic) bond motifs is 1. The summed E-state index contributed by atoms with van der Waals surface area (Å²) in [6, 6.07) is 19.4. The Labute approximate surface area is 139 Å². The molecule has 0 radical (unpaired) electrons. The van der Waals surface area contributed by atoms with Crippen LogP contribution in [0.5, 0.6) is 0 Å². The van der Waals surface area contributed by atoms with E-state index in [1.165, 1.54) is 34.7 Å². The van der Waals surface area contributed by atoms with Gasteiger partial charge < -0.3 is 0 Å². The van der Waals surface area contributed by atoms with E-state index in [-0.39, 0.29) is 5.41 Å². The number of hydrogen-bond acceptors (Lipinski definition) is 1. The lowest BCUT2D eigenvalue weighted by atomic mass is 9.74. The highest BCUT2D eigenvalue weighted by atomic mass is 14.7. The maximum atomic E-state index is 4.75. The second kappa shape index (κ2) is 6.54. The van der Waals surface area contributed by atoms with E-state index in [1.54, 1.807) is 0 Å². The summed E-state index contributed by atoms with van der Waals surface area (Å²) in [6.07, 6.45) is 5.47. The summed E-state index contributed by atoms with van der Waals surface area (Å²) in [5.74, 6) is 0. The molecule has 1 unspecified atom stereocenters. The van der Waals surface area contributed by atoms with Crippen LogP contribution in [0.2, 0.25) is 0 Å². The standard InChI is InChI=1S/C22H25N/c1-4-15-22(3,5-2)20-13-9-8-12-19(20)21-18-11-7-6-10-17(18)14-16-23-21/h6-14,16H,4-5,15H2,1-3H3. The lowest BCUT2D eigenvalue weighted by Gasteiger charge is -2.31. The minimum atomic E-state index is 0.198. The van der Waals surface area contributed by atoms with Crippen LogP contribution in [-0.4, -0.2) is 4.98 Å². The summed E-state index contributed by atoms with van der Waals surface area (Å²) >= 11 is 0. The van der Waals surface area contributed by atoms with Crippen molar-refractivity contribution in [1.82, 2.24) is 4.98 Å². The third kappa shape index (κ3) is 2.88. The van der Waals surface area contributed by atoms with E-state index < -0.39 is 0 Å². The van der Waals surface area contributed by atoms with Gasteiger partial charge in [0.1, 0.15) is 0 Å². The first-order valence-electron chi connectivity index (χ1n) is 8.63. The Morgan fingerprint density at radius 3 is 2.43 bits per heavy atom. The molecule has 0 saturated heterocycles. The molecule has 0 bridgehead atoms. The minimum Gasteiger partial charge on any atom is -0.256 e. The van der Waals surface area contributed by atoms with Gasteiger partial charge >= 0.3 is 0 Å². The first kappa shape index (κ1) is 15.7. The maximum Gasteiger partial charge on any atom is 0.0783 e. The van der Waals surface area contributed by atoms with Crippen LogP contribution in [0.4, 0.5) is 0 Å². The molecule has 0 saturated carbocycles. The van der Waals surface area contributed by atoms with E-state index in [0.717, 1.165) is 12.1 Å². The molecule has 0 spiro atoms. The number of rotatable bonds is 5. The molecular weight excluding hydrogens is 278 g/mol. The summed E-state index contributed by atoms with van der Waals surface area (Å²) in [5, 5.41) is 2.48. The van der Waals surface area contributed by atoms with Gasteiger partial charge in [-0.3, -0.25) is 4.98 Å². The maximum absolute atomic E-state index is 4.75. The first-order chi connectivity index (χ1) is 11.2. The van der Waals surface area contributed by atoms with Crippen LogP contribution in [0.15, 0.2) is 60.8 Å². The van der Waals surface area contributed by atoms with Crippen molar-refractivity contribution in [3.63, 3.8) is 0 Å². The molecule has 3 aromatic rings. The van der Waals surface area contributed by atoms with Gasteiger partial charge in [0.05, 0.1) is 5.69 Å². The molecule has 0 fully saturated rings. The highest BCUT2D eigenvalue weighted by molar-refractivity contribution is 5.95. The van der Waals surface area contributed by atoms with Crippen molar-refractivity contribution >= 4 is 10.8 Å². The molecule has 0 aliphatic carbocycles. The molecule has 1 atom stereocenters. The Morgan fingerprint density at radius 2 is 1.65 bits per heavy atom. The number of nitrogens with zero attached hydrogens (tertiary/aromatic N) is 1. The van der Waals surface area contributed by atoms with Gasteiger partial charge in [-0.1, -0.05) is 75.7 Å². The predicted octanol–water partition coefficient (Wildman–Crippen LogP) is 6.37. The Hall–Kier alpha value is -2.15. The zero-order valence-electron chi connectivity index (χ0n) is 14.3. The Morgan fingerprint density at radius 1 is 0.913 bits per heavy atom. The van der Waals surface area contributed by atoms with E-state index in [0.29, 0.717) is 0 Å². The summed E-state index contributed by atoms with van der Waals surface area (Å²) in [7, 11) is 0. The van der Waals surface area contributed by atoms with Crippen molar-refractivity contribution in [3.8, 4) is 11.3 Å². The average molecular weight is 303 g/mol. The Kier molecular flexibility index (Phi) is 4.47. The van der Waals surface area contributed by atoms with Crippen LogP contribution in [0.25, 0.3) is 22.0 Å². The van der Waals surface area contributed by atoms with E-state index in [9.17, 15) is 0 Å². The topological polar surface area (TPSA) is 12.9 Å². The van der Waals surface area contributed by atoms with Gasteiger partial charge in [-0.15, -0.1) is 0 Å². The highest BCUT2D eigenvalue weighted by Crippen LogP contribution is 2.39. The first-order valence-corrected chi connectivity index (χ1v) is 8.63. The summed E-state index contributed by atoms with van der Waals surface area (Å²) in [5.41, 5.74) is 4.01. The lowest BCUT2D eigenvalue weighted by Crippen LogP contribution is -2.21. The molecule has 23 heavy (non-hydrogen) atoms. The molecule has 1 heterocycles. The van der Waals surface area contributed by atoms with Crippen LogP contribution in [-0.2, 0) is 5.41 Å². The Bertz CT molecular complexity index is 800. The zero-order valence-corrected chi connectivity index (χ0v) is 14.3. The van der Waals surface area contributed by atoms with E-state index in [1.807, 2.05) is 6.20 Å². The molecule has 2 aromatic carbocycles. The smallest absolute Gasteiger partial charge is 0.0783 e. The molecule has 0 N–H and O–H groups in total. The van der Waals surface area contributed by atoms with Gasteiger partial charge in [-0.05, 0) is 35.3 Å². The van der Waals surface area contributed by atoms with Gasteiger partial charge in [0, 0.05) is 17.1 Å². The summed E-state index contributed by atoms with van der Waals surface area (Å²) in [6.45, 7) is 6.95. The third-order valence-corrected chi connectivity index (χ3v) is 5.09. The van der Waals surface area contributed by atoms with E-state index >= 15 is 0 Å². The minimum absolute atomic E-state index is 0.198. The van der Waals surface area contributed by atoms with Crippen molar-refractivity contribution in [1.29, 1.82) is 0 Å². The van der Waals surface area contributed by atoms with Gasteiger partial charge in [-0.2, -0.15) is 0 Å². The molecule has 1 heteroatoms. The van der Waals surface area contributed by atoms with Gasteiger partial charge in [-0.25, -0.2) is 0 Å². The molecule has 118 valence electrons. The van der Waals surface area contributed by atoms with E-state index in [2.05, 4.69) is 75.4 Å². The molecule has 0 amide bonds. The van der Waals surface area contributed by atoms with E-state index in [4.69, 9.17) is 4.98 Å². The van der Waals surface area contributed by atoms with Gasteiger partial charge in [0.15, 0.2) is 0 Å². The monoisotopic (exact) mass is 303 g/mol. The van der Waals surface area contributed by atoms with Crippen molar-refractivity contribution in [2.75, 3.05) is 0 Å². The molecule has 0 aliphatic heterocycles. The number of pyridine rings is 1. The van der Waals surface area contributed by atoms with Gasteiger partial charge in [0.2, 0.25) is 0 Å². The SMILES string of the molecule is CCCC(C)(CC)c1ccccc1-c1nccc2ccccc12. The van der Waals surface area contributed by atoms with Crippen molar-refractivity contribution < 1.29 is 0 Å². The number of aromatic nitrogens is 1. The quantitative estimate of drug-likeness (QED) is 0.533. The highest BCUT2D eigenvalue weighted by Gasteiger charge is 2.27. The predicted molar refractivity (Wildman–Crippen MR) is 99.7 cm³/mol. The largest absolute Gasteiger partial charge is 0.256 e. The second-order valence-electron chi connectivity index (χ2n) is 6.59. The third-order valence-electron chi connectivity index (χ3n) is 5.09. The molecule has 1 nitrogen and oxygen atoms in total. The summed E-state index contributed by atoms with van der Waals surface area (Å²) < 4.78 is 0. The second-order valence-corrected chi connectivity index (χ2v) is 6.59. The van der Waals surface area contributed by atoms with Crippen LogP contribution in [0.3, 0.4) is 0 Å². The van der Waals surface area contributed by atoms with Crippen LogP contribution >= 0.6 is 0 Å². The van der Waals surface area contributed by atoms with Gasteiger partial charge in [0.25, 0.3) is 0 Å².